The van der Waals surface area contributed by atoms with Crippen LogP contribution in [0.25, 0.3) is 0 Å². The van der Waals surface area contributed by atoms with Crippen molar-refractivity contribution in [3.63, 3.8) is 0 Å². The number of aliphatic hydroxyl groups is 1. The lowest BCUT2D eigenvalue weighted by Gasteiger charge is -2.23. The van der Waals surface area contributed by atoms with E-state index in [1.54, 1.807) is 6.08 Å². The highest BCUT2D eigenvalue weighted by atomic mass is 31.2. The lowest BCUT2D eigenvalue weighted by molar-refractivity contribution is -0.123. The van der Waals surface area contributed by atoms with Gasteiger partial charge in [0.25, 0.3) is 0 Å². The van der Waals surface area contributed by atoms with Crippen LogP contribution in [0.5, 0.6) is 0 Å². The molecule has 0 fully saturated rings. The molecule has 55 heavy (non-hydrogen) atoms. The van der Waals surface area contributed by atoms with Crippen molar-refractivity contribution >= 4 is 13.7 Å². The van der Waals surface area contributed by atoms with Crippen molar-refractivity contribution < 1.29 is 28.4 Å². The van der Waals surface area contributed by atoms with Gasteiger partial charge in [-0.25, -0.2) is 4.57 Å². The molecule has 0 aliphatic rings. The molecule has 0 radical (unpaired) electrons. The zero-order chi connectivity index (χ0) is 40.3. The summed E-state index contributed by atoms with van der Waals surface area (Å²) in [7, 11) is -4.34. The number of amides is 1. The Morgan fingerprint density at radius 3 is 1.29 bits per heavy atom. The number of carbonyl (C=O) groups excluding carboxylic acids is 1. The first-order valence-electron chi connectivity index (χ1n) is 23.8. The van der Waals surface area contributed by atoms with Gasteiger partial charge < -0.3 is 21.1 Å². The Balaban J connectivity index is 4.12. The average Bonchev–Trinajstić information content (AvgIpc) is 3.17. The Labute approximate surface area is 341 Å². The molecule has 3 atom stereocenters. The number of carbonyl (C=O) groups is 1. The molecular weight excluding hydrogens is 707 g/mol. The molecule has 0 saturated carbocycles. The van der Waals surface area contributed by atoms with Crippen LogP contribution in [-0.4, -0.2) is 47.8 Å². The van der Waals surface area contributed by atoms with E-state index >= 15 is 0 Å². The van der Waals surface area contributed by atoms with Gasteiger partial charge in [-0.3, -0.25) is 13.8 Å². The van der Waals surface area contributed by atoms with Gasteiger partial charge in [0, 0.05) is 13.0 Å². The molecule has 5 N–H and O–H groups in total. The summed E-state index contributed by atoms with van der Waals surface area (Å²) in [6.07, 6.45) is 48.3. The first-order chi connectivity index (χ1) is 26.9. The van der Waals surface area contributed by atoms with Gasteiger partial charge in [-0.1, -0.05) is 231 Å². The monoisotopic (exact) mass is 801 g/mol. The van der Waals surface area contributed by atoms with E-state index in [0.717, 1.165) is 38.5 Å². The van der Waals surface area contributed by atoms with Crippen LogP contribution in [0.15, 0.2) is 12.2 Å². The van der Waals surface area contributed by atoms with E-state index in [1.807, 2.05) is 6.08 Å². The number of rotatable bonds is 45. The van der Waals surface area contributed by atoms with Gasteiger partial charge in [0.1, 0.15) is 0 Å². The molecule has 0 aromatic rings. The average molecular weight is 801 g/mol. The van der Waals surface area contributed by atoms with Crippen LogP contribution in [0.1, 0.15) is 245 Å². The topological polar surface area (TPSA) is 131 Å². The molecule has 0 saturated heterocycles. The van der Waals surface area contributed by atoms with E-state index < -0.39 is 20.0 Å². The Hall–Kier alpha value is -0.760. The van der Waals surface area contributed by atoms with Crippen molar-refractivity contribution in [2.45, 2.75) is 257 Å². The Kier molecular flexibility index (Phi) is 42.2. The fourth-order valence-electron chi connectivity index (χ4n) is 7.25. The second kappa shape index (κ2) is 42.8. The van der Waals surface area contributed by atoms with Gasteiger partial charge in [0.2, 0.25) is 5.91 Å². The molecule has 0 heterocycles. The standard InChI is InChI=1S/C46H93N2O6P/c1-3-5-7-9-11-13-15-17-19-21-23-25-27-29-31-33-35-37-39-45(49)44(43-54-55(51,52)53-42-41-47)48-46(50)40-38-36-34-32-30-28-26-24-22-20-18-16-14-12-10-8-6-4-2/h37,39,44-45,49H,3-36,38,40-43,47H2,1-2H3,(H,48,50)(H,51,52)/b39-37+. The number of phosphoric acid groups is 1. The second-order valence-electron chi connectivity index (χ2n) is 16.3. The zero-order valence-corrected chi connectivity index (χ0v) is 37.3. The number of hydrogen-bond donors (Lipinski definition) is 4. The maximum absolute atomic E-state index is 12.8. The van der Waals surface area contributed by atoms with Crippen molar-refractivity contribution in [3.8, 4) is 0 Å². The van der Waals surface area contributed by atoms with Crippen LogP contribution >= 0.6 is 7.82 Å². The van der Waals surface area contributed by atoms with Crippen LogP contribution in [0.3, 0.4) is 0 Å². The van der Waals surface area contributed by atoms with E-state index in [9.17, 15) is 19.4 Å². The van der Waals surface area contributed by atoms with E-state index in [1.165, 1.54) is 186 Å². The number of phosphoric ester groups is 1. The van der Waals surface area contributed by atoms with Gasteiger partial charge in [-0.15, -0.1) is 0 Å². The summed E-state index contributed by atoms with van der Waals surface area (Å²) < 4.78 is 22.2. The molecule has 0 rings (SSSR count). The van der Waals surface area contributed by atoms with Crippen LogP contribution in [-0.2, 0) is 18.4 Å². The third-order valence-electron chi connectivity index (χ3n) is 10.9. The van der Waals surface area contributed by atoms with Crippen LogP contribution < -0.4 is 11.1 Å². The van der Waals surface area contributed by atoms with Crippen molar-refractivity contribution in [3.05, 3.63) is 12.2 Å². The van der Waals surface area contributed by atoms with Crippen LogP contribution in [0.2, 0.25) is 0 Å². The highest BCUT2D eigenvalue weighted by Gasteiger charge is 2.26. The van der Waals surface area contributed by atoms with Crippen molar-refractivity contribution in [1.29, 1.82) is 0 Å². The minimum Gasteiger partial charge on any atom is -0.387 e. The molecule has 9 heteroatoms. The molecule has 0 aromatic carbocycles. The van der Waals surface area contributed by atoms with Gasteiger partial charge in [-0.05, 0) is 19.3 Å². The van der Waals surface area contributed by atoms with Crippen molar-refractivity contribution in [1.82, 2.24) is 5.32 Å². The Bertz CT molecular complexity index is 875. The molecule has 3 unspecified atom stereocenters. The van der Waals surface area contributed by atoms with Crippen LogP contribution in [0.4, 0.5) is 0 Å². The third-order valence-corrected chi connectivity index (χ3v) is 11.8. The fraction of sp³-hybridized carbons (Fsp3) is 0.935. The minimum atomic E-state index is -4.34. The number of unbranched alkanes of at least 4 members (excludes halogenated alkanes) is 33. The van der Waals surface area contributed by atoms with Crippen molar-refractivity contribution in [2.75, 3.05) is 19.8 Å². The summed E-state index contributed by atoms with van der Waals surface area (Å²) in [4.78, 5) is 22.8. The predicted molar refractivity (Wildman–Crippen MR) is 235 cm³/mol. The van der Waals surface area contributed by atoms with E-state index in [2.05, 4.69) is 19.2 Å². The molecule has 8 nitrogen and oxygen atoms in total. The third kappa shape index (κ3) is 41.2. The largest absolute Gasteiger partial charge is 0.472 e. The molecule has 0 spiro atoms. The maximum Gasteiger partial charge on any atom is 0.472 e. The van der Waals surface area contributed by atoms with Crippen LogP contribution in [0, 0.1) is 0 Å². The van der Waals surface area contributed by atoms with Gasteiger partial charge in [-0.2, -0.15) is 0 Å². The number of nitrogens with one attached hydrogen (secondary N) is 1. The molecule has 328 valence electrons. The van der Waals surface area contributed by atoms with Gasteiger partial charge >= 0.3 is 7.82 Å². The number of nitrogens with two attached hydrogens (primary N) is 1. The first kappa shape index (κ1) is 54.2. The van der Waals surface area contributed by atoms with Crippen molar-refractivity contribution in [2.24, 2.45) is 5.73 Å². The molecular formula is C46H93N2O6P. The lowest BCUT2D eigenvalue weighted by Crippen LogP contribution is -2.45. The highest BCUT2D eigenvalue weighted by Crippen LogP contribution is 2.43. The molecule has 0 aliphatic carbocycles. The van der Waals surface area contributed by atoms with Gasteiger partial charge in [0.15, 0.2) is 0 Å². The summed E-state index contributed by atoms with van der Waals surface area (Å²) in [5.74, 6) is -0.189. The molecule has 0 aromatic heterocycles. The smallest absolute Gasteiger partial charge is 0.387 e. The second-order valence-corrected chi connectivity index (χ2v) is 17.8. The van der Waals surface area contributed by atoms with E-state index in [-0.39, 0.29) is 25.7 Å². The zero-order valence-electron chi connectivity index (χ0n) is 36.4. The maximum atomic E-state index is 12.8. The highest BCUT2D eigenvalue weighted by molar-refractivity contribution is 7.47. The molecule has 1 amide bonds. The van der Waals surface area contributed by atoms with E-state index in [0.29, 0.717) is 6.42 Å². The molecule has 0 bridgehead atoms. The number of hydrogen-bond acceptors (Lipinski definition) is 6. The minimum absolute atomic E-state index is 0.0815. The summed E-state index contributed by atoms with van der Waals surface area (Å²) in [5.41, 5.74) is 5.38. The lowest BCUT2D eigenvalue weighted by atomic mass is 10.0. The Morgan fingerprint density at radius 1 is 0.582 bits per heavy atom. The summed E-state index contributed by atoms with van der Waals surface area (Å²) in [6, 6.07) is -0.855. The van der Waals surface area contributed by atoms with Gasteiger partial charge in [0.05, 0.1) is 25.4 Å². The van der Waals surface area contributed by atoms with E-state index in [4.69, 9.17) is 14.8 Å². The quantitative estimate of drug-likeness (QED) is 0.0274. The SMILES string of the molecule is CCCCCCCCCCCCCCCCCC/C=C/C(O)C(COP(=O)(O)OCCN)NC(=O)CCCCCCCCCCCCCCCCCCCC. The number of allylic oxidation sites excluding steroid dienone is 1. The number of aliphatic hydroxyl groups excluding tert-OH is 1. The Morgan fingerprint density at radius 2 is 0.927 bits per heavy atom. The summed E-state index contributed by atoms with van der Waals surface area (Å²) >= 11 is 0. The summed E-state index contributed by atoms with van der Waals surface area (Å²) in [5, 5.41) is 13.7. The normalized spacial score (nSPS) is 14.1. The fourth-order valence-corrected chi connectivity index (χ4v) is 8.01. The first-order valence-corrected chi connectivity index (χ1v) is 25.3. The predicted octanol–water partition coefficient (Wildman–Crippen LogP) is 13.6. The molecule has 0 aliphatic heterocycles. The summed E-state index contributed by atoms with van der Waals surface area (Å²) in [6.45, 7) is 4.17.